The third kappa shape index (κ3) is 3.11. The van der Waals surface area contributed by atoms with Crippen molar-refractivity contribution in [2.24, 2.45) is 11.8 Å². The molecule has 3 nitrogen and oxygen atoms in total. The van der Waals surface area contributed by atoms with Crippen molar-refractivity contribution in [3.05, 3.63) is 47.6 Å². The van der Waals surface area contributed by atoms with E-state index < -0.39 is 18.0 Å². The maximum atomic E-state index is 12.9. The Morgan fingerprint density at radius 3 is 2.78 bits per heavy atom. The van der Waals surface area contributed by atoms with E-state index >= 15 is 0 Å². The Kier molecular flexibility index (Phi) is 3.92. The van der Waals surface area contributed by atoms with E-state index in [-0.39, 0.29) is 5.91 Å². The summed E-state index contributed by atoms with van der Waals surface area (Å²) in [4.78, 5) is 12.0. The molecule has 0 spiro atoms. The topological polar surface area (TPSA) is 38.3 Å². The van der Waals surface area contributed by atoms with Crippen molar-refractivity contribution in [1.82, 2.24) is 5.32 Å². The molecule has 1 aliphatic carbocycles. The maximum Gasteiger partial charge on any atom is 0.395 e. The molecule has 1 aliphatic heterocycles. The molecule has 1 aromatic carbocycles. The summed E-state index contributed by atoms with van der Waals surface area (Å²) in [5, 5.41) is 2.72. The summed E-state index contributed by atoms with van der Waals surface area (Å²) in [7, 11) is 0. The van der Waals surface area contributed by atoms with Crippen LogP contribution in [0.2, 0.25) is 0 Å². The van der Waals surface area contributed by atoms with Gasteiger partial charge >= 0.3 is 6.18 Å². The van der Waals surface area contributed by atoms with Gasteiger partial charge in [-0.1, -0.05) is 31.2 Å². The lowest BCUT2D eigenvalue weighted by molar-refractivity contribution is -0.168. The molecule has 1 aromatic rings. The van der Waals surface area contributed by atoms with Crippen molar-refractivity contribution in [3.63, 3.8) is 0 Å². The van der Waals surface area contributed by atoms with E-state index in [1.807, 2.05) is 0 Å². The number of hydrogen-bond donors (Lipinski definition) is 1. The molecule has 1 amide bonds. The Morgan fingerprint density at radius 2 is 2.09 bits per heavy atom. The molecule has 1 heterocycles. The predicted octanol–water partition coefficient (Wildman–Crippen LogP) is 3.58. The Labute approximate surface area is 131 Å². The molecule has 2 aliphatic rings. The number of benzene rings is 1. The molecule has 23 heavy (non-hydrogen) atoms. The number of halogens is 3. The van der Waals surface area contributed by atoms with E-state index in [9.17, 15) is 18.0 Å². The maximum absolute atomic E-state index is 12.9. The van der Waals surface area contributed by atoms with Crippen molar-refractivity contribution >= 4 is 11.5 Å². The number of carbonyl (C=O) groups excluding carboxylic acids is 1. The Morgan fingerprint density at radius 1 is 1.30 bits per heavy atom. The van der Waals surface area contributed by atoms with Gasteiger partial charge in [-0.25, -0.2) is 0 Å². The second-order valence-corrected chi connectivity index (χ2v) is 5.72. The van der Waals surface area contributed by atoms with Gasteiger partial charge in [0.2, 0.25) is 0 Å². The van der Waals surface area contributed by atoms with E-state index in [2.05, 4.69) is 5.32 Å². The summed E-state index contributed by atoms with van der Waals surface area (Å²) in [6.45, 7) is 2.36. The van der Waals surface area contributed by atoms with Gasteiger partial charge in [0.1, 0.15) is 12.4 Å². The monoisotopic (exact) mass is 323 g/mol. The van der Waals surface area contributed by atoms with Crippen LogP contribution < -0.4 is 10.1 Å². The fourth-order valence-electron chi connectivity index (χ4n) is 2.86. The van der Waals surface area contributed by atoms with E-state index in [1.165, 1.54) is 12.2 Å². The molecular weight excluding hydrogens is 307 g/mol. The molecule has 0 aromatic heterocycles. The van der Waals surface area contributed by atoms with Crippen LogP contribution in [-0.4, -0.2) is 25.2 Å². The third-order valence-electron chi connectivity index (χ3n) is 4.07. The number of fused-ring (bicyclic) bond motifs is 1. The van der Waals surface area contributed by atoms with Gasteiger partial charge in [0.25, 0.3) is 5.91 Å². The Bertz CT molecular complexity index is 692. The lowest BCUT2D eigenvalue weighted by Gasteiger charge is -2.25. The van der Waals surface area contributed by atoms with Crippen LogP contribution in [-0.2, 0) is 0 Å². The minimum absolute atomic E-state index is 0.235. The van der Waals surface area contributed by atoms with Crippen molar-refractivity contribution in [3.8, 4) is 5.75 Å². The fourth-order valence-corrected chi connectivity index (χ4v) is 2.86. The molecule has 6 heteroatoms. The van der Waals surface area contributed by atoms with Crippen LogP contribution in [0.4, 0.5) is 13.2 Å². The average molecular weight is 323 g/mol. The lowest BCUT2D eigenvalue weighted by Crippen LogP contribution is -2.27. The first-order valence-electron chi connectivity index (χ1n) is 7.38. The molecule has 0 fully saturated rings. The van der Waals surface area contributed by atoms with Crippen LogP contribution in [0.1, 0.15) is 22.8 Å². The highest BCUT2D eigenvalue weighted by atomic mass is 19.4. The number of allylic oxidation sites excluding steroid dienone is 4. The second-order valence-electron chi connectivity index (χ2n) is 5.72. The van der Waals surface area contributed by atoms with Crippen LogP contribution in [0, 0.1) is 11.8 Å². The largest absolute Gasteiger partial charge is 0.491 e. The highest BCUT2D eigenvalue weighted by Gasteiger charge is 2.41. The van der Waals surface area contributed by atoms with Gasteiger partial charge in [-0.05, 0) is 29.2 Å². The first kappa shape index (κ1) is 15.6. The summed E-state index contributed by atoms with van der Waals surface area (Å²) in [6, 6.07) is 5.10. The van der Waals surface area contributed by atoms with E-state index in [4.69, 9.17) is 4.74 Å². The molecule has 0 radical (unpaired) electrons. The number of amides is 1. The van der Waals surface area contributed by atoms with E-state index in [0.717, 1.165) is 0 Å². The molecule has 0 bridgehead atoms. The summed E-state index contributed by atoms with van der Waals surface area (Å²) < 4.78 is 44.2. The Balaban J connectivity index is 1.92. The van der Waals surface area contributed by atoms with E-state index in [0.29, 0.717) is 35.6 Å². The number of hydrogen-bond acceptors (Lipinski definition) is 2. The van der Waals surface area contributed by atoms with Crippen molar-refractivity contribution < 1.29 is 22.7 Å². The van der Waals surface area contributed by atoms with Gasteiger partial charge in [-0.2, -0.15) is 13.2 Å². The SMILES string of the molecule is CC1C=C(c2ccc3c(c2)C(=O)NCCO3)C=CC1C(F)(F)F. The zero-order valence-electron chi connectivity index (χ0n) is 12.5. The third-order valence-corrected chi connectivity index (χ3v) is 4.07. The normalized spacial score (nSPS) is 24.2. The smallest absolute Gasteiger partial charge is 0.395 e. The standard InChI is InChI=1S/C17H16F3NO2/c1-10-8-11(2-4-14(10)17(18,19)20)12-3-5-15-13(9-12)16(22)21-6-7-23-15/h2-5,8-10,14H,6-7H2,1H3,(H,21,22). The van der Waals surface area contributed by atoms with Crippen molar-refractivity contribution in [2.45, 2.75) is 13.1 Å². The lowest BCUT2D eigenvalue weighted by atomic mass is 9.84. The number of ether oxygens (including phenoxy) is 1. The van der Waals surface area contributed by atoms with Crippen molar-refractivity contribution in [2.75, 3.05) is 13.2 Å². The highest BCUT2D eigenvalue weighted by molar-refractivity contribution is 5.98. The highest BCUT2D eigenvalue weighted by Crippen LogP contribution is 2.39. The van der Waals surface area contributed by atoms with E-state index in [1.54, 1.807) is 31.2 Å². The van der Waals surface area contributed by atoms with Crippen LogP contribution >= 0.6 is 0 Å². The number of nitrogens with one attached hydrogen (secondary N) is 1. The van der Waals surface area contributed by atoms with Crippen LogP contribution in [0.25, 0.3) is 5.57 Å². The quantitative estimate of drug-likeness (QED) is 0.858. The predicted molar refractivity (Wildman–Crippen MR) is 80.1 cm³/mol. The Hall–Kier alpha value is -2.24. The molecule has 2 atom stereocenters. The number of rotatable bonds is 1. The van der Waals surface area contributed by atoms with Gasteiger partial charge in [-0.15, -0.1) is 0 Å². The average Bonchev–Trinajstić information content (AvgIpc) is 2.67. The molecule has 3 rings (SSSR count). The fraction of sp³-hybridized carbons (Fsp3) is 0.353. The first-order valence-corrected chi connectivity index (χ1v) is 7.38. The van der Waals surface area contributed by atoms with Gasteiger partial charge in [0.05, 0.1) is 18.0 Å². The van der Waals surface area contributed by atoms with Gasteiger partial charge in [-0.3, -0.25) is 4.79 Å². The van der Waals surface area contributed by atoms with Crippen LogP contribution in [0.3, 0.4) is 0 Å². The van der Waals surface area contributed by atoms with Crippen LogP contribution in [0.5, 0.6) is 5.75 Å². The molecule has 0 saturated heterocycles. The molecule has 122 valence electrons. The van der Waals surface area contributed by atoms with Gasteiger partial charge in [0.15, 0.2) is 0 Å². The summed E-state index contributed by atoms with van der Waals surface area (Å²) in [5.41, 5.74) is 1.78. The molecule has 0 saturated carbocycles. The van der Waals surface area contributed by atoms with Gasteiger partial charge < -0.3 is 10.1 Å². The summed E-state index contributed by atoms with van der Waals surface area (Å²) >= 11 is 0. The van der Waals surface area contributed by atoms with Gasteiger partial charge in [0, 0.05) is 0 Å². The second kappa shape index (κ2) is 5.76. The summed E-state index contributed by atoms with van der Waals surface area (Å²) in [6.07, 6.45) is -0.00756. The molecule has 2 unspecified atom stereocenters. The van der Waals surface area contributed by atoms with Crippen LogP contribution in [0.15, 0.2) is 36.4 Å². The molecule has 1 N–H and O–H groups in total. The zero-order chi connectivity index (χ0) is 16.6. The minimum Gasteiger partial charge on any atom is -0.491 e. The zero-order valence-corrected chi connectivity index (χ0v) is 12.5. The minimum atomic E-state index is -4.25. The number of carbonyl (C=O) groups is 1. The first-order chi connectivity index (χ1) is 10.9. The summed E-state index contributed by atoms with van der Waals surface area (Å²) in [5.74, 6) is -1.87. The molecular formula is C17H16F3NO2. The van der Waals surface area contributed by atoms with Crippen molar-refractivity contribution in [1.29, 1.82) is 0 Å². The number of alkyl halides is 3.